The molecule has 0 fully saturated rings. The van der Waals surface area contributed by atoms with Crippen molar-refractivity contribution in [1.82, 2.24) is 10.3 Å². The molecule has 0 aliphatic carbocycles. The van der Waals surface area contributed by atoms with E-state index >= 15 is 0 Å². The van der Waals surface area contributed by atoms with Crippen molar-refractivity contribution in [2.75, 3.05) is 6.54 Å². The average molecular weight is 307 g/mol. The second-order valence-corrected chi connectivity index (χ2v) is 6.54. The maximum atomic E-state index is 12.3. The Morgan fingerprint density at radius 1 is 1.52 bits per heavy atom. The first kappa shape index (κ1) is 15.7. The summed E-state index contributed by atoms with van der Waals surface area (Å²) < 4.78 is 5.52. The van der Waals surface area contributed by atoms with E-state index in [9.17, 15) is 4.79 Å². The van der Waals surface area contributed by atoms with E-state index in [1.165, 1.54) is 11.3 Å². The Labute approximate surface area is 128 Å². The lowest BCUT2D eigenvalue weighted by molar-refractivity contribution is 0.0879. The molecule has 0 saturated heterocycles. The van der Waals surface area contributed by atoms with Gasteiger partial charge in [-0.25, -0.2) is 4.98 Å². The van der Waals surface area contributed by atoms with Gasteiger partial charge in [-0.15, -0.1) is 11.3 Å². The number of aromatic nitrogens is 1. The zero-order valence-corrected chi connectivity index (χ0v) is 13.6. The Kier molecular flexibility index (Phi) is 4.49. The van der Waals surface area contributed by atoms with E-state index in [1.54, 1.807) is 5.38 Å². The third-order valence-electron chi connectivity index (χ3n) is 3.79. The molecule has 6 heteroatoms. The standard InChI is InChI=1S/C15H21N3O2S/c1-9(2)15(4,8-16)18-13(19)11-7-21-14(17-11)12-6-5-10(3)20-12/h5-7,9H,8,16H2,1-4H3,(H,18,19). The van der Waals surface area contributed by atoms with Crippen LogP contribution in [0.3, 0.4) is 0 Å². The van der Waals surface area contributed by atoms with Gasteiger partial charge in [0.2, 0.25) is 0 Å². The van der Waals surface area contributed by atoms with Gasteiger partial charge in [0.1, 0.15) is 11.5 Å². The lowest BCUT2D eigenvalue weighted by Crippen LogP contribution is -2.55. The summed E-state index contributed by atoms with van der Waals surface area (Å²) in [4.78, 5) is 16.7. The van der Waals surface area contributed by atoms with E-state index in [4.69, 9.17) is 10.2 Å². The Balaban J connectivity index is 2.16. The zero-order chi connectivity index (χ0) is 15.6. The van der Waals surface area contributed by atoms with Crippen LogP contribution in [0.5, 0.6) is 0 Å². The van der Waals surface area contributed by atoms with Crippen molar-refractivity contribution in [2.24, 2.45) is 11.7 Å². The number of thiazole rings is 1. The predicted octanol–water partition coefficient (Wildman–Crippen LogP) is 2.81. The highest BCUT2D eigenvalue weighted by atomic mass is 32.1. The first-order valence-corrected chi connectivity index (χ1v) is 7.78. The van der Waals surface area contributed by atoms with Crippen LogP contribution < -0.4 is 11.1 Å². The first-order chi connectivity index (χ1) is 9.85. The fraction of sp³-hybridized carbons (Fsp3) is 0.467. The summed E-state index contributed by atoms with van der Waals surface area (Å²) in [7, 11) is 0. The van der Waals surface area contributed by atoms with Gasteiger partial charge in [0.05, 0.1) is 5.54 Å². The van der Waals surface area contributed by atoms with Crippen molar-refractivity contribution in [3.8, 4) is 10.8 Å². The van der Waals surface area contributed by atoms with Crippen molar-refractivity contribution >= 4 is 17.2 Å². The van der Waals surface area contributed by atoms with Gasteiger partial charge in [0.15, 0.2) is 10.8 Å². The number of hydrogen-bond acceptors (Lipinski definition) is 5. The monoisotopic (exact) mass is 307 g/mol. The maximum absolute atomic E-state index is 12.3. The van der Waals surface area contributed by atoms with Gasteiger partial charge in [0.25, 0.3) is 5.91 Å². The van der Waals surface area contributed by atoms with Crippen LogP contribution in [0, 0.1) is 12.8 Å². The molecule has 0 bridgehead atoms. The number of carbonyl (C=O) groups excluding carboxylic acids is 1. The predicted molar refractivity (Wildman–Crippen MR) is 84.3 cm³/mol. The van der Waals surface area contributed by atoms with Crippen LogP contribution in [-0.2, 0) is 0 Å². The highest BCUT2D eigenvalue weighted by molar-refractivity contribution is 7.13. The molecule has 1 unspecified atom stereocenters. The number of furan rings is 1. The fourth-order valence-corrected chi connectivity index (χ4v) is 2.56. The molecule has 2 aromatic rings. The quantitative estimate of drug-likeness (QED) is 0.890. The summed E-state index contributed by atoms with van der Waals surface area (Å²) in [5.74, 6) is 1.53. The van der Waals surface area contributed by atoms with Crippen molar-refractivity contribution in [1.29, 1.82) is 0 Å². The van der Waals surface area contributed by atoms with Crippen LogP contribution in [0.2, 0.25) is 0 Å². The summed E-state index contributed by atoms with van der Waals surface area (Å²) in [5, 5.41) is 5.42. The summed E-state index contributed by atoms with van der Waals surface area (Å²) in [6, 6.07) is 3.73. The van der Waals surface area contributed by atoms with Crippen molar-refractivity contribution < 1.29 is 9.21 Å². The molecule has 5 nitrogen and oxygen atoms in total. The number of carbonyl (C=O) groups is 1. The second-order valence-electron chi connectivity index (χ2n) is 5.68. The first-order valence-electron chi connectivity index (χ1n) is 6.90. The normalized spacial score (nSPS) is 14.2. The molecular formula is C15H21N3O2S. The third-order valence-corrected chi connectivity index (χ3v) is 4.64. The van der Waals surface area contributed by atoms with Crippen molar-refractivity contribution in [2.45, 2.75) is 33.2 Å². The smallest absolute Gasteiger partial charge is 0.271 e. The highest BCUT2D eigenvalue weighted by Crippen LogP contribution is 2.26. The number of hydrogen-bond donors (Lipinski definition) is 2. The summed E-state index contributed by atoms with van der Waals surface area (Å²) in [6.45, 7) is 8.26. The molecule has 0 aromatic carbocycles. The van der Waals surface area contributed by atoms with Crippen LogP contribution in [0.25, 0.3) is 10.8 Å². The molecule has 1 atom stereocenters. The summed E-state index contributed by atoms with van der Waals surface area (Å²) in [5.41, 5.74) is 5.74. The lowest BCUT2D eigenvalue weighted by atomic mass is 9.88. The van der Waals surface area contributed by atoms with Gasteiger partial charge in [-0.05, 0) is 31.9 Å². The minimum Gasteiger partial charge on any atom is -0.459 e. The number of nitrogens with two attached hydrogens (primary N) is 1. The summed E-state index contributed by atoms with van der Waals surface area (Å²) >= 11 is 1.39. The Hall–Kier alpha value is -1.66. The van der Waals surface area contributed by atoms with Crippen LogP contribution in [0.15, 0.2) is 21.9 Å². The molecule has 21 heavy (non-hydrogen) atoms. The fourth-order valence-electron chi connectivity index (χ4n) is 1.80. The van der Waals surface area contributed by atoms with Gasteiger partial charge in [-0.1, -0.05) is 13.8 Å². The molecule has 0 spiro atoms. The SMILES string of the molecule is Cc1ccc(-c2nc(C(=O)NC(C)(CN)C(C)C)cs2)o1. The number of nitrogens with zero attached hydrogens (tertiary/aromatic N) is 1. The van der Waals surface area contributed by atoms with Crippen LogP contribution >= 0.6 is 11.3 Å². The molecule has 114 valence electrons. The minimum atomic E-state index is -0.442. The van der Waals surface area contributed by atoms with E-state index in [0.717, 1.165) is 5.76 Å². The van der Waals surface area contributed by atoms with Crippen LogP contribution in [0.4, 0.5) is 0 Å². The Morgan fingerprint density at radius 3 is 2.76 bits per heavy atom. The largest absolute Gasteiger partial charge is 0.459 e. The van der Waals surface area contributed by atoms with Crippen molar-refractivity contribution in [3.05, 3.63) is 29.0 Å². The van der Waals surface area contributed by atoms with Gasteiger partial charge >= 0.3 is 0 Å². The third kappa shape index (κ3) is 3.33. The van der Waals surface area contributed by atoms with Gasteiger partial charge in [-0.3, -0.25) is 4.79 Å². The molecule has 1 amide bonds. The molecule has 3 N–H and O–H groups in total. The topological polar surface area (TPSA) is 81.2 Å². The Bertz CT molecular complexity index is 632. The van der Waals surface area contributed by atoms with Crippen LogP contribution in [-0.4, -0.2) is 23.0 Å². The lowest BCUT2D eigenvalue weighted by Gasteiger charge is -2.33. The molecule has 0 radical (unpaired) electrons. The van der Waals surface area contributed by atoms with E-state index < -0.39 is 5.54 Å². The molecule has 2 aromatic heterocycles. The number of rotatable bonds is 5. The van der Waals surface area contributed by atoms with E-state index in [0.29, 0.717) is 23.0 Å². The molecule has 0 aliphatic heterocycles. The average Bonchev–Trinajstić information content (AvgIpc) is 3.06. The van der Waals surface area contributed by atoms with E-state index in [2.05, 4.69) is 10.3 Å². The summed E-state index contributed by atoms with van der Waals surface area (Å²) in [6.07, 6.45) is 0. The van der Waals surface area contributed by atoms with Crippen molar-refractivity contribution in [3.63, 3.8) is 0 Å². The molecule has 0 saturated carbocycles. The number of amides is 1. The van der Waals surface area contributed by atoms with Crippen LogP contribution in [0.1, 0.15) is 37.0 Å². The van der Waals surface area contributed by atoms with Gasteiger partial charge < -0.3 is 15.5 Å². The molecule has 2 rings (SSSR count). The minimum absolute atomic E-state index is 0.206. The number of aryl methyl sites for hydroxylation is 1. The highest BCUT2D eigenvalue weighted by Gasteiger charge is 2.29. The number of nitrogens with one attached hydrogen (secondary N) is 1. The molecular weight excluding hydrogens is 286 g/mol. The van der Waals surface area contributed by atoms with E-state index in [1.807, 2.05) is 39.8 Å². The van der Waals surface area contributed by atoms with E-state index in [-0.39, 0.29) is 11.8 Å². The second kappa shape index (κ2) is 5.99. The van der Waals surface area contributed by atoms with Gasteiger partial charge in [0, 0.05) is 11.9 Å². The molecule has 2 heterocycles. The molecule has 0 aliphatic rings. The van der Waals surface area contributed by atoms with Gasteiger partial charge in [-0.2, -0.15) is 0 Å². The zero-order valence-electron chi connectivity index (χ0n) is 12.8. The maximum Gasteiger partial charge on any atom is 0.271 e. The Morgan fingerprint density at radius 2 is 2.24 bits per heavy atom.